The van der Waals surface area contributed by atoms with Gasteiger partial charge in [0.2, 0.25) is 5.91 Å². The number of ether oxygens (including phenoxy) is 2. The number of β-amino-alcohol motifs (C(OH)–C–C–N with tert-alkyl or cyclic N) is 1. The van der Waals surface area contributed by atoms with Crippen LogP contribution in [-0.2, 0) is 27.9 Å². The molecule has 9 heteroatoms. The highest BCUT2D eigenvalue weighted by atomic mass is 19.4. The summed E-state index contributed by atoms with van der Waals surface area (Å²) >= 11 is 0. The van der Waals surface area contributed by atoms with Gasteiger partial charge in [0.25, 0.3) is 0 Å². The molecular weight excluding hydrogens is 437 g/mol. The van der Waals surface area contributed by atoms with E-state index in [1.165, 1.54) is 18.1 Å². The number of benzene rings is 2. The second-order valence-electron chi connectivity index (χ2n) is 8.60. The maximum Gasteiger partial charge on any atom is 0.416 e. The first kappa shape index (κ1) is 23.5. The van der Waals surface area contributed by atoms with Crippen LogP contribution in [0.3, 0.4) is 0 Å². The van der Waals surface area contributed by atoms with Crippen LogP contribution in [0.2, 0.25) is 0 Å². The monoisotopic (exact) mass is 464 g/mol. The molecule has 2 aliphatic heterocycles. The molecule has 33 heavy (non-hydrogen) atoms. The molecule has 0 bridgehead atoms. The Hall–Kier alpha value is -2.62. The number of likely N-dealkylation sites (tertiary alicyclic amines) is 1. The molecule has 6 nitrogen and oxygen atoms in total. The van der Waals surface area contributed by atoms with Crippen LogP contribution in [-0.4, -0.2) is 48.3 Å². The normalized spacial score (nSPS) is 18.7. The van der Waals surface area contributed by atoms with Crippen LogP contribution >= 0.6 is 0 Å². The van der Waals surface area contributed by atoms with Crippen LogP contribution in [0.5, 0.6) is 5.75 Å². The Morgan fingerprint density at radius 1 is 1.24 bits per heavy atom. The number of fused-ring (bicyclic) bond motifs is 2. The Morgan fingerprint density at radius 3 is 2.67 bits per heavy atom. The number of carbonyl (C=O) groups excluding carboxylic acids is 1. The van der Waals surface area contributed by atoms with Crippen molar-refractivity contribution in [1.29, 1.82) is 0 Å². The molecule has 1 fully saturated rings. The fourth-order valence-corrected chi connectivity index (χ4v) is 4.55. The molecule has 1 spiro atoms. The average molecular weight is 464 g/mol. The number of nitrogens with zero attached hydrogens (tertiary/aromatic N) is 1. The number of aliphatic hydroxyl groups is 1. The average Bonchev–Trinajstić information content (AvgIpc) is 3.12. The quantitative estimate of drug-likeness (QED) is 0.678. The van der Waals surface area contributed by atoms with Gasteiger partial charge >= 0.3 is 6.18 Å². The lowest BCUT2D eigenvalue weighted by Crippen LogP contribution is -2.46. The molecule has 4 rings (SSSR count). The van der Waals surface area contributed by atoms with Crippen molar-refractivity contribution in [3.8, 4) is 5.75 Å². The molecule has 0 radical (unpaired) electrons. The molecule has 1 atom stereocenters. The van der Waals surface area contributed by atoms with Crippen molar-refractivity contribution in [2.75, 3.05) is 31.6 Å². The van der Waals surface area contributed by atoms with Gasteiger partial charge in [-0.15, -0.1) is 0 Å². The smallest absolute Gasteiger partial charge is 0.416 e. The predicted octanol–water partition coefficient (Wildman–Crippen LogP) is 3.93. The number of hydrogen-bond donors (Lipinski definition) is 2. The minimum absolute atomic E-state index is 0.0748. The van der Waals surface area contributed by atoms with Gasteiger partial charge in [-0.2, -0.15) is 13.2 Å². The number of piperidine rings is 1. The summed E-state index contributed by atoms with van der Waals surface area (Å²) in [6.45, 7) is 3.59. The lowest BCUT2D eigenvalue weighted by molar-refractivity contribution is -0.137. The lowest BCUT2D eigenvalue weighted by atomic mass is 9.84. The van der Waals surface area contributed by atoms with Crippen molar-refractivity contribution >= 4 is 11.6 Å². The van der Waals surface area contributed by atoms with Gasteiger partial charge in [0.1, 0.15) is 18.5 Å². The van der Waals surface area contributed by atoms with E-state index in [2.05, 4.69) is 22.3 Å². The van der Waals surface area contributed by atoms with Gasteiger partial charge in [-0.05, 0) is 42.2 Å². The van der Waals surface area contributed by atoms with Gasteiger partial charge in [0.05, 0.1) is 23.5 Å². The predicted molar refractivity (Wildman–Crippen MR) is 116 cm³/mol. The third kappa shape index (κ3) is 5.31. The third-order valence-electron chi connectivity index (χ3n) is 6.19. The van der Waals surface area contributed by atoms with E-state index in [-0.39, 0.29) is 23.6 Å². The molecule has 2 aromatic rings. The second kappa shape index (κ2) is 9.32. The van der Waals surface area contributed by atoms with Crippen LogP contribution < -0.4 is 10.1 Å². The fourth-order valence-electron chi connectivity index (χ4n) is 4.55. The zero-order valence-corrected chi connectivity index (χ0v) is 18.3. The zero-order valence-electron chi connectivity index (χ0n) is 18.3. The molecule has 2 aromatic carbocycles. The molecule has 0 aliphatic carbocycles. The van der Waals surface area contributed by atoms with Gasteiger partial charge in [-0.25, -0.2) is 0 Å². The van der Waals surface area contributed by atoms with Crippen LogP contribution in [0.25, 0.3) is 0 Å². The fraction of sp³-hybridized carbons (Fsp3) is 0.458. The number of anilines is 1. The van der Waals surface area contributed by atoms with E-state index in [4.69, 9.17) is 9.47 Å². The molecule has 2 heterocycles. The molecule has 2 N–H and O–H groups in total. The highest BCUT2D eigenvalue weighted by molar-refractivity contribution is 5.90. The first-order valence-electron chi connectivity index (χ1n) is 10.9. The number of alkyl halides is 3. The Labute approximate surface area is 190 Å². The standard InChI is InChI=1S/C24H27F3N2O4/c1-16(30)28-21-12-18(24(25,26)27)6-7-22(21)32-15-19(31)13-29-10-8-23(9-11-29)20-5-3-2-4-17(20)14-33-23/h2-7,12,19,31H,8-11,13-15H2,1H3,(H,28,30)/t19-/m1/s1. The van der Waals surface area contributed by atoms with E-state index < -0.39 is 23.8 Å². The van der Waals surface area contributed by atoms with Crippen LogP contribution in [0.4, 0.5) is 18.9 Å². The van der Waals surface area contributed by atoms with Gasteiger partial charge in [0.15, 0.2) is 0 Å². The molecule has 0 aromatic heterocycles. The van der Waals surface area contributed by atoms with Crippen molar-refractivity contribution in [2.24, 2.45) is 0 Å². The van der Waals surface area contributed by atoms with Crippen molar-refractivity contribution in [1.82, 2.24) is 4.90 Å². The SMILES string of the molecule is CC(=O)Nc1cc(C(F)(F)F)ccc1OC[C@H](O)CN1CCC2(CC1)OCc1ccccc12. The first-order valence-corrected chi connectivity index (χ1v) is 10.9. The van der Waals surface area contributed by atoms with E-state index >= 15 is 0 Å². The van der Waals surface area contributed by atoms with Gasteiger partial charge < -0.3 is 24.8 Å². The molecular formula is C24H27F3N2O4. The Balaban J connectivity index is 1.32. The number of halogens is 3. The highest BCUT2D eigenvalue weighted by Gasteiger charge is 2.42. The largest absolute Gasteiger partial charge is 0.489 e. The third-order valence-corrected chi connectivity index (χ3v) is 6.19. The summed E-state index contributed by atoms with van der Waals surface area (Å²) in [6, 6.07) is 11.1. The van der Waals surface area contributed by atoms with E-state index in [9.17, 15) is 23.1 Å². The molecule has 0 saturated carbocycles. The van der Waals surface area contributed by atoms with Crippen molar-refractivity contribution in [3.05, 3.63) is 59.2 Å². The Kier molecular flexibility index (Phi) is 6.65. The van der Waals surface area contributed by atoms with E-state index in [0.717, 1.165) is 44.1 Å². The lowest BCUT2D eigenvalue weighted by Gasteiger charge is -2.39. The van der Waals surface area contributed by atoms with Crippen molar-refractivity contribution in [2.45, 2.75) is 44.3 Å². The summed E-state index contributed by atoms with van der Waals surface area (Å²) in [4.78, 5) is 13.5. The number of nitrogens with one attached hydrogen (secondary N) is 1. The van der Waals surface area contributed by atoms with Crippen molar-refractivity contribution < 1.29 is 32.5 Å². The maximum atomic E-state index is 13.0. The summed E-state index contributed by atoms with van der Waals surface area (Å²) in [5.41, 5.74) is 1.24. The topological polar surface area (TPSA) is 71.0 Å². The molecule has 178 valence electrons. The maximum absolute atomic E-state index is 13.0. The number of aliphatic hydroxyl groups excluding tert-OH is 1. The second-order valence-corrected chi connectivity index (χ2v) is 8.60. The molecule has 0 unspecified atom stereocenters. The Bertz CT molecular complexity index is 1000. The summed E-state index contributed by atoms with van der Waals surface area (Å²) in [5.74, 6) is -0.441. The Morgan fingerprint density at radius 2 is 1.97 bits per heavy atom. The minimum atomic E-state index is -4.54. The first-order chi connectivity index (χ1) is 15.7. The number of rotatable bonds is 6. The summed E-state index contributed by atoms with van der Waals surface area (Å²) < 4.78 is 50.7. The summed E-state index contributed by atoms with van der Waals surface area (Å²) in [5, 5.41) is 12.8. The van der Waals surface area contributed by atoms with E-state index in [0.29, 0.717) is 13.2 Å². The summed E-state index contributed by atoms with van der Waals surface area (Å²) in [6.07, 6.45) is -3.74. The number of amides is 1. The van der Waals surface area contributed by atoms with Crippen LogP contribution in [0, 0.1) is 0 Å². The molecule has 1 saturated heterocycles. The van der Waals surface area contributed by atoms with E-state index in [1.54, 1.807) is 0 Å². The van der Waals surface area contributed by atoms with Crippen LogP contribution in [0.1, 0.15) is 36.5 Å². The number of hydrogen-bond acceptors (Lipinski definition) is 5. The molecule has 2 aliphatic rings. The highest BCUT2D eigenvalue weighted by Crippen LogP contribution is 2.44. The zero-order chi connectivity index (χ0) is 23.6. The summed E-state index contributed by atoms with van der Waals surface area (Å²) in [7, 11) is 0. The van der Waals surface area contributed by atoms with Crippen LogP contribution in [0.15, 0.2) is 42.5 Å². The van der Waals surface area contributed by atoms with Crippen molar-refractivity contribution in [3.63, 3.8) is 0 Å². The van der Waals surface area contributed by atoms with E-state index in [1.807, 2.05) is 12.1 Å². The van der Waals surface area contributed by atoms with Gasteiger partial charge in [-0.1, -0.05) is 24.3 Å². The number of carbonyl (C=O) groups is 1. The molecule has 1 amide bonds. The van der Waals surface area contributed by atoms with Gasteiger partial charge in [0, 0.05) is 26.6 Å². The van der Waals surface area contributed by atoms with Gasteiger partial charge in [-0.3, -0.25) is 4.79 Å². The minimum Gasteiger partial charge on any atom is -0.489 e.